The molecule has 2 aromatic rings. The second-order valence-corrected chi connectivity index (χ2v) is 7.61. The fourth-order valence-corrected chi connectivity index (χ4v) is 3.37. The van der Waals surface area contributed by atoms with Crippen LogP contribution in [0.3, 0.4) is 0 Å². The molecule has 178 valence electrons. The lowest BCUT2D eigenvalue weighted by Gasteiger charge is -2.25. The van der Waals surface area contributed by atoms with Crippen molar-refractivity contribution in [3.05, 3.63) is 34.9 Å². The van der Waals surface area contributed by atoms with Gasteiger partial charge >= 0.3 is 0 Å². The maximum atomic E-state index is 12.0. The molecule has 0 radical (unpaired) electrons. The minimum Gasteiger partial charge on any atom is -0.379 e. The first-order chi connectivity index (χ1) is 15.3. The molecule has 0 atom stereocenters. The summed E-state index contributed by atoms with van der Waals surface area (Å²) in [6.07, 6.45) is 2.30. The molecule has 3 heterocycles. The van der Waals surface area contributed by atoms with Gasteiger partial charge in [0, 0.05) is 58.6 Å². The number of carbonyl (C=O) groups is 2. The van der Waals surface area contributed by atoms with Gasteiger partial charge in [-0.3, -0.25) is 28.7 Å². The second kappa shape index (κ2) is 12.5. The summed E-state index contributed by atoms with van der Waals surface area (Å²) in [7, 11) is 6.71. The third kappa shape index (κ3) is 6.98. The van der Waals surface area contributed by atoms with Gasteiger partial charge in [0.15, 0.2) is 11.5 Å². The van der Waals surface area contributed by atoms with Gasteiger partial charge < -0.3 is 4.74 Å². The summed E-state index contributed by atoms with van der Waals surface area (Å²) in [4.78, 5) is 30.7. The summed E-state index contributed by atoms with van der Waals surface area (Å²) >= 11 is 0. The van der Waals surface area contributed by atoms with Crippen molar-refractivity contribution >= 4 is 11.7 Å². The van der Waals surface area contributed by atoms with Gasteiger partial charge in [-0.1, -0.05) is 13.8 Å². The third-order valence-corrected chi connectivity index (χ3v) is 5.50. The van der Waals surface area contributed by atoms with E-state index in [1.165, 1.54) is 7.11 Å². The van der Waals surface area contributed by atoms with Crippen LogP contribution in [0.25, 0.3) is 0 Å². The van der Waals surface area contributed by atoms with E-state index < -0.39 is 0 Å². The molecular formula is C22H36N6O4. The molecule has 0 unspecified atom stereocenters. The van der Waals surface area contributed by atoms with Gasteiger partial charge in [-0.25, -0.2) is 5.06 Å². The monoisotopic (exact) mass is 448 g/mol. The van der Waals surface area contributed by atoms with E-state index in [-0.39, 0.29) is 11.7 Å². The van der Waals surface area contributed by atoms with Gasteiger partial charge in [-0.15, -0.1) is 0 Å². The van der Waals surface area contributed by atoms with Crippen LogP contribution >= 0.6 is 0 Å². The Kier molecular flexibility index (Phi) is 10.0. The Bertz CT molecular complexity index is 885. The predicted molar refractivity (Wildman–Crippen MR) is 120 cm³/mol. The molecule has 0 bridgehead atoms. The number of aromatic nitrogens is 4. The third-order valence-electron chi connectivity index (χ3n) is 5.50. The van der Waals surface area contributed by atoms with Gasteiger partial charge in [0.05, 0.1) is 20.3 Å². The highest BCUT2D eigenvalue weighted by atomic mass is 16.7. The molecule has 1 fully saturated rings. The smallest absolute Gasteiger partial charge is 0.297 e. The average molecular weight is 449 g/mol. The summed E-state index contributed by atoms with van der Waals surface area (Å²) in [6.45, 7) is 8.30. The quantitative estimate of drug-likeness (QED) is 0.446. The zero-order valence-electron chi connectivity index (χ0n) is 20.1. The number of Topliss-reactive ketones (excluding diaryl/α,β-unsaturated/α-hetero) is 1. The molecule has 1 saturated heterocycles. The summed E-state index contributed by atoms with van der Waals surface area (Å²) in [5.74, 6) is -0.0976. The molecule has 0 saturated carbocycles. The van der Waals surface area contributed by atoms with Crippen LogP contribution < -0.4 is 0 Å². The van der Waals surface area contributed by atoms with Crippen LogP contribution in [-0.4, -0.2) is 88.2 Å². The molecule has 1 aliphatic heterocycles. The highest BCUT2D eigenvalue weighted by Crippen LogP contribution is 2.08. The Hall–Kier alpha value is -2.56. The molecule has 0 spiro atoms. The van der Waals surface area contributed by atoms with Crippen molar-refractivity contribution in [1.82, 2.24) is 29.5 Å². The zero-order chi connectivity index (χ0) is 23.7. The van der Waals surface area contributed by atoms with E-state index in [9.17, 15) is 9.59 Å². The summed E-state index contributed by atoms with van der Waals surface area (Å²) in [5.41, 5.74) is 3.14. The molecular weight excluding hydrogens is 412 g/mol. The standard InChI is InChI=1S/C13H21N3O2.C9H15N3O2/c1-3-11-10-12(14-15(11)2)13(17)4-5-16-6-8-18-9-7-16;1-5-7-6-8(10-11(7)2)9(13)12(3)14-4/h10H,3-9H2,1-2H3;6H,5H2,1-4H3. The molecule has 3 rings (SSSR count). The zero-order valence-corrected chi connectivity index (χ0v) is 20.1. The maximum absolute atomic E-state index is 12.0. The van der Waals surface area contributed by atoms with Crippen molar-refractivity contribution in [3.63, 3.8) is 0 Å². The van der Waals surface area contributed by atoms with E-state index in [4.69, 9.17) is 9.57 Å². The van der Waals surface area contributed by atoms with E-state index >= 15 is 0 Å². The molecule has 0 aromatic carbocycles. The first-order valence-electron chi connectivity index (χ1n) is 11.0. The van der Waals surface area contributed by atoms with Crippen molar-refractivity contribution in [3.8, 4) is 0 Å². The molecule has 1 aliphatic rings. The Labute approximate surface area is 190 Å². The largest absolute Gasteiger partial charge is 0.379 e. The van der Waals surface area contributed by atoms with E-state index in [2.05, 4.69) is 22.0 Å². The Balaban J connectivity index is 0.000000235. The minimum atomic E-state index is -0.234. The molecule has 1 amide bonds. The van der Waals surface area contributed by atoms with Gasteiger partial charge in [-0.05, 0) is 25.0 Å². The molecule has 10 heteroatoms. The molecule has 2 aromatic heterocycles. The number of hydrogen-bond acceptors (Lipinski definition) is 7. The number of hydrogen-bond donors (Lipinski definition) is 0. The lowest BCUT2D eigenvalue weighted by molar-refractivity contribution is -0.0760. The van der Waals surface area contributed by atoms with Crippen molar-refractivity contribution in [2.75, 3.05) is 47.0 Å². The number of aryl methyl sites for hydroxylation is 4. The Morgan fingerprint density at radius 1 is 1.03 bits per heavy atom. The minimum absolute atomic E-state index is 0.136. The van der Waals surface area contributed by atoms with Crippen LogP contribution in [0, 0.1) is 0 Å². The van der Waals surface area contributed by atoms with Crippen molar-refractivity contribution in [1.29, 1.82) is 0 Å². The number of ketones is 1. The molecule has 0 N–H and O–H groups in total. The van der Waals surface area contributed by atoms with Crippen molar-refractivity contribution < 1.29 is 19.2 Å². The SMILES string of the molecule is CCc1cc(C(=O)CCN2CCOCC2)nn1C.CCc1cc(C(=O)N(C)OC)nn1C. The van der Waals surface area contributed by atoms with Crippen LogP contribution in [0.1, 0.15) is 52.6 Å². The molecule has 0 aliphatic carbocycles. The normalized spacial score (nSPS) is 14.1. The highest BCUT2D eigenvalue weighted by molar-refractivity contribution is 5.94. The molecule has 10 nitrogen and oxygen atoms in total. The van der Waals surface area contributed by atoms with Gasteiger partial charge in [0.2, 0.25) is 0 Å². The number of carbonyl (C=O) groups excluding carboxylic acids is 2. The van der Waals surface area contributed by atoms with E-state index in [1.54, 1.807) is 22.5 Å². The first kappa shape index (κ1) is 25.7. The predicted octanol–water partition coefficient (Wildman–Crippen LogP) is 1.50. The molecule has 32 heavy (non-hydrogen) atoms. The summed E-state index contributed by atoms with van der Waals surface area (Å²) in [6, 6.07) is 3.68. The number of amides is 1. The topological polar surface area (TPSA) is 94.7 Å². The van der Waals surface area contributed by atoms with Gasteiger partial charge in [0.25, 0.3) is 5.91 Å². The summed E-state index contributed by atoms with van der Waals surface area (Å²) in [5, 5.41) is 9.52. The van der Waals surface area contributed by atoms with Crippen LogP contribution in [0.15, 0.2) is 12.1 Å². The maximum Gasteiger partial charge on any atom is 0.297 e. The number of nitrogens with zero attached hydrogens (tertiary/aromatic N) is 6. The van der Waals surface area contributed by atoms with Gasteiger partial charge in [0.1, 0.15) is 5.69 Å². The first-order valence-corrected chi connectivity index (χ1v) is 11.0. The number of morpholine rings is 1. The van der Waals surface area contributed by atoms with Crippen LogP contribution in [0.2, 0.25) is 0 Å². The van der Waals surface area contributed by atoms with Gasteiger partial charge in [-0.2, -0.15) is 10.2 Å². The number of rotatable bonds is 8. The van der Waals surface area contributed by atoms with E-state index in [0.29, 0.717) is 17.8 Å². The van der Waals surface area contributed by atoms with Crippen LogP contribution in [0.4, 0.5) is 0 Å². The number of hydroxylamine groups is 2. The van der Waals surface area contributed by atoms with Crippen LogP contribution in [0.5, 0.6) is 0 Å². The van der Waals surface area contributed by atoms with Crippen LogP contribution in [-0.2, 0) is 36.5 Å². The highest BCUT2D eigenvalue weighted by Gasteiger charge is 2.17. The van der Waals surface area contributed by atoms with E-state index in [1.807, 2.05) is 27.1 Å². The lowest BCUT2D eigenvalue weighted by atomic mass is 10.2. The lowest BCUT2D eigenvalue weighted by Crippen LogP contribution is -2.37. The van der Waals surface area contributed by atoms with Crippen molar-refractivity contribution in [2.24, 2.45) is 14.1 Å². The second-order valence-electron chi connectivity index (χ2n) is 7.61. The Morgan fingerprint density at radius 2 is 1.56 bits per heavy atom. The number of ether oxygens (including phenoxy) is 1. The fraction of sp³-hybridized carbons (Fsp3) is 0.636. The fourth-order valence-electron chi connectivity index (χ4n) is 3.37. The summed E-state index contributed by atoms with van der Waals surface area (Å²) < 4.78 is 8.78. The average Bonchev–Trinajstić information content (AvgIpc) is 3.39. The Morgan fingerprint density at radius 3 is 2.06 bits per heavy atom. The van der Waals surface area contributed by atoms with Crippen molar-refractivity contribution in [2.45, 2.75) is 33.1 Å². The van der Waals surface area contributed by atoms with E-state index in [0.717, 1.165) is 62.1 Å².